The van der Waals surface area contributed by atoms with Gasteiger partial charge in [0.05, 0.1) is 0 Å². The minimum absolute atomic E-state index is 0.451. The molecule has 5 rings (SSSR count). The van der Waals surface area contributed by atoms with Crippen LogP contribution in [0.15, 0.2) is 60.7 Å². The topological polar surface area (TPSA) is 4.93 Å². The van der Waals surface area contributed by atoms with Gasteiger partial charge in [-0.2, -0.15) is 0 Å². The van der Waals surface area contributed by atoms with Crippen LogP contribution in [0.3, 0.4) is 0 Å². The third kappa shape index (κ3) is 1.68. The summed E-state index contributed by atoms with van der Waals surface area (Å²) in [6.07, 6.45) is 1.06. The molecule has 1 heterocycles. The highest BCUT2D eigenvalue weighted by molar-refractivity contribution is 6.10. The van der Waals surface area contributed by atoms with Gasteiger partial charge in [-0.25, -0.2) is 0 Å². The molecule has 112 valence electrons. The maximum absolute atomic E-state index is 2.48. The first kappa shape index (κ1) is 13.0. The molecule has 0 radical (unpaired) electrons. The minimum atomic E-state index is 0.451. The molecule has 0 atom stereocenters. The molecule has 0 unspecified atom stereocenters. The molecule has 0 saturated heterocycles. The number of hydrogen-bond donors (Lipinski definition) is 0. The lowest BCUT2D eigenvalue weighted by Gasteiger charge is -2.12. The predicted octanol–water partition coefficient (Wildman–Crippen LogP) is 5.95. The van der Waals surface area contributed by atoms with E-state index in [1.54, 1.807) is 0 Å². The molecule has 3 aromatic carbocycles. The molecule has 1 aromatic heterocycles. The van der Waals surface area contributed by atoms with Crippen molar-refractivity contribution in [2.24, 2.45) is 0 Å². The first-order valence-electron chi connectivity index (χ1n) is 8.38. The van der Waals surface area contributed by atoms with Crippen LogP contribution in [0.25, 0.3) is 32.9 Å². The van der Waals surface area contributed by atoms with Crippen LogP contribution in [-0.4, -0.2) is 4.57 Å². The van der Waals surface area contributed by atoms with Gasteiger partial charge in [-0.3, -0.25) is 0 Å². The van der Waals surface area contributed by atoms with E-state index in [0.29, 0.717) is 6.04 Å². The van der Waals surface area contributed by atoms with Crippen LogP contribution >= 0.6 is 0 Å². The van der Waals surface area contributed by atoms with E-state index in [1.165, 1.54) is 44.1 Å². The van der Waals surface area contributed by atoms with Gasteiger partial charge < -0.3 is 4.57 Å². The first-order chi connectivity index (χ1) is 11.2. The number of aromatic nitrogens is 1. The van der Waals surface area contributed by atoms with Crippen molar-refractivity contribution in [2.75, 3.05) is 0 Å². The van der Waals surface area contributed by atoms with Crippen molar-refractivity contribution in [1.29, 1.82) is 0 Å². The van der Waals surface area contributed by atoms with Crippen molar-refractivity contribution in [3.63, 3.8) is 0 Å². The maximum Gasteiger partial charge on any atom is 0.0500 e. The summed E-state index contributed by atoms with van der Waals surface area (Å²) in [6, 6.07) is 22.9. The van der Waals surface area contributed by atoms with E-state index >= 15 is 0 Å². The Bertz CT molecular complexity index is 1070. The molecule has 0 saturated carbocycles. The molecule has 0 spiro atoms. The van der Waals surface area contributed by atoms with E-state index in [1.807, 2.05) is 0 Å². The smallest absolute Gasteiger partial charge is 0.0500 e. The fraction of sp³-hybridized carbons (Fsp3) is 0.182. The Morgan fingerprint density at radius 1 is 0.739 bits per heavy atom. The quantitative estimate of drug-likeness (QED) is 0.360. The summed E-state index contributed by atoms with van der Waals surface area (Å²) >= 11 is 0. The van der Waals surface area contributed by atoms with E-state index in [9.17, 15) is 0 Å². The summed E-state index contributed by atoms with van der Waals surface area (Å²) in [5.41, 5.74) is 8.44. The number of fused-ring (bicyclic) bond motifs is 6. The zero-order chi connectivity index (χ0) is 15.6. The molecule has 0 N–H and O–H groups in total. The van der Waals surface area contributed by atoms with Crippen molar-refractivity contribution in [1.82, 2.24) is 4.57 Å². The molecule has 1 aliphatic carbocycles. The molecule has 1 aliphatic rings. The van der Waals surface area contributed by atoms with Crippen LogP contribution in [0.1, 0.15) is 31.0 Å². The molecule has 0 aliphatic heterocycles. The minimum Gasteiger partial charge on any atom is -0.338 e. The summed E-state index contributed by atoms with van der Waals surface area (Å²) in [5, 5.41) is 2.76. The highest BCUT2D eigenvalue weighted by Crippen LogP contribution is 2.41. The lowest BCUT2D eigenvalue weighted by atomic mass is 10.0. The van der Waals surface area contributed by atoms with Crippen molar-refractivity contribution >= 4 is 21.8 Å². The SMILES string of the molecule is CC(C)n1c2ccccc2c2cc3c(cc21)-c1ccccc1C3. The Balaban J connectivity index is 1.93. The van der Waals surface area contributed by atoms with Gasteiger partial charge in [0.25, 0.3) is 0 Å². The number of nitrogens with zero attached hydrogens (tertiary/aromatic N) is 1. The van der Waals surface area contributed by atoms with Crippen molar-refractivity contribution < 1.29 is 0 Å². The zero-order valence-corrected chi connectivity index (χ0v) is 13.5. The molecule has 0 amide bonds. The second-order valence-corrected chi connectivity index (χ2v) is 6.84. The molecule has 1 nitrogen and oxygen atoms in total. The van der Waals surface area contributed by atoms with E-state index in [0.717, 1.165) is 6.42 Å². The molecule has 23 heavy (non-hydrogen) atoms. The standard InChI is InChI=1S/C22H19N/c1-14(2)23-21-10-6-5-9-18(21)20-12-16-11-15-7-3-4-8-17(15)19(16)13-22(20)23/h3-10,12-14H,11H2,1-2H3. The van der Waals surface area contributed by atoms with Crippen LogP contribution in [0.5, 0.6) is 0 Å². The third-order valence-corrected chi connectivity index (χ3v) is 5.14. The maximum atomic E-state index is 2.48. The summed E-state index contributed by atoms with van der Waals surface area (Å²) in [7, 11) is 0. The molecular formula is C22H19N. The van der Waals surface area contributed by atoms with Crippen molar-refractivity contribution in [2.45, 2.75) is 26.3 Å². The molecule has 4 aromatic rings. The van der Waals surface area contributed by atoms with E-state index in [4.69, 9.17) is 0 Å². The van der Waals surface area contributed by atoms with E-state index in [-0.39, 0.29) is 0 Å². The van der Waals surface area contributed by atoms with Gasteiger partial charge >= 0.3 is 0 Å². The molecule has 0 fully saturated rings. The summed E-state index contributed by atoms with van der Waals surface area (Å²) < 4.78 is 2.48. The highest BCUT2D eigenvalue weighted by Gasteiger charge is 2.21. The Hall–Kier alpha value is -2.54. The summed E-state index contributed by atoms with van der Waals surface area (Å²) in [5.74, 6) is 0. The highest BCUT2D eigenvalue weighted by atomic mass is 15.0. The van der Waals surface area contributed by atoms with Crippen LogP contribution in [0.2, 0.25) is 0 Å². The van der Waals surface area contributed by atoms with E-state index in [2.05, 4.69) is 79.1 Å². The van der Waals surface area contributed by atoms with Gasteiger partial charge in [0.15, 0.2) is 0 Å². The normalized spacial score (nSPS) is 13.0. The van der Waals surface area contributed by atoms with Gasteiger partial charge in [0.1, 0.15) is 0 Å². The van der Waals surface area contributed by atoms with Gasteiger partial charge in [-0.05, 0) is 60.7 Å². The Labute approximate surface area is 136 Å². The lowest BCUT2D eigenvalue weighted by Crippen LogP contribution is -1.99. The number of rotatable bonds is 1. The van der Waals surface area contributed by atoms with Gasteiger partial charge in [0, 0.05) is 27.8 Å². The second kappa shape index (κ2) is 4.48. The van der Waals surface area contributed by atoms with Crippen molar-refractivity contribution in [3.05, 3.63) is 71.8 Å². The first-order valence-corrected chi connectivity index (χ1v) is 8.38. The average molecular weight is 297 g/mol. The zero-order valence-electron chi connectivity index (χ0n) is 13.5. The number of benzene rings is 3. The van der Waals surface area contributed by atoms with Crippen LogP contribution < -0.4 is 0 Å². The van der Waals surface area contributed by atoms with Gasteiger partial charge in [-0.15, -0.1) is 0 Å². The number of para-hydroxylation sites is 1. The molecule has 0 bridgehead atoms. The Morgan fingerprint density at radius 3 is 2.39 bits per heavy atom. The largest absolute Gasteiger partial charge is 0.338 e. The van der Waals surface area contributed by atoms with Crippen molar-refractivity contribution in [3.8, 4) is 11.1 Å². The summed E-state index contributed by atoms with van der Waals surface area (Å²) in [4.78, 5) is 0. The molecule has 1 heteroatoms. The second-order valence-electron chi connectivity index (χ2n) is 6.84. The lowest BCUT2D eigenvalue weighted by molar-refractivity contribution is 0.642. The van der Waals surface area contributed by atoms with Crippen LogP contribution in [0.4, 0.5) is 0 Å². The fourth-order valence-corrected chi connectivity index (χ4v) is 4.19. The third-order valence-electron chi connectivity index (χ3n) is 5.14. The Morgan fingerprint density at radius 2 is 1.52 bits per heavy atom. The van der Waals surface area contributed by atoms with Crippen LogP contribution in [0, 0.1) is 0 Å². The summed E-state index contributed by atoms with van der Waals surface area (Å²) in [6.45, 7) is 4.54. The predicted molar refractivity (Wildman–Crippen MR) is 98.1 cm³/mol. The Kier molecular flexibility index (Phi) is 2.52. The monoisotopic (exact) mass is 297 g/mol. The van der Waals surface area contributed by atoms with Gasteiger partial charge in [0.2, 0.25) is 0 Å². The number of hydrogen-bond acceptors (Lipinski definition) is 0. The fourth-order valence-electron chi connectivity index (χ4n) is 4.19. The van der Waals surface area contributed by atoms with Crippen LogP contribution in [-0.2, 0) is 6.42 Å². The average Bonchev–Trinajstić information content (AvgIpc) is 3.08. The molecular weight excluding hydrogens is 278 g/mol. The van der Waals surface area contributed by atoms with Gasteiger partial charge in [-0.1, -0.05) is 42.5 Å². The van der Waals surface area contributed by atoms with E-state index < -0.39 is 0 Å².